The summed E-state index contributed by atoms with van der Waals surface area (Å²) in [6.45, 7) is 5.24. The largest absolute Gasteiger partial charge is 0.352 e. The minimum absolute atomic E-state index is 0.228. The highest BCUT2D eigenvalue weighted by Gasteiger charge is 2.37. The standard InChI is InChI=1S/C22H28FN5O/c1-25-9-11-26(12-10-25)22-20(23)13-18-14-27(29-15-17-5-3-2-4-6-17)16-28(19-7-8-19)21(18)24-22/h2-6,13,19H,7-12,14-16H2,1H3. The highest BCUT2D eigenvalue weighted by Crippen LogP contribution is 2.38. The highest BCUT2D eigenvalue weighted by molar-refractivity contribution is 5.57. The van der Waals surface area contributed by atoms with Crippen molar-refractivity contribution < 1.29 is 9.23 Å². The Morgan fingerprint density at radius 2 is 1.83 bits per heavy atom. The van der Waals surface area contributed by atoms with E-state index in [2.05, 4.69) is 33.9 Å². The first-order chi connectivity index (χ1) is 14.2. The van der Waals surface area contributed by atoms with Gasteiger partial charge in [-0.3, -0.25) is 4.84 Å². The van der Waals surface area contributed by atoms with Crippen LogP contribution in [0.2, 0.25) is 0 Å². The number of rotatable bonds is 5. The van der Waals surface area contributed by atoms with Gasteiger partial charge in [-0.05, 0) is 31.5 Å². The smallest absolute Gasteiger partial charge is 0.167 e. The fourth-order valence-corrected chi connectivity index (χ4v) is 4.09. The summed E-state index contributed by atoms with van der Waals surface area (Å²) in [4.78, 5) is 17.5. The number of hydroxylamine groups is 2. The predicted molar refractivity (Wildman–Crippen MR) is 111 cm³/mol. The van der Waals surface area contributed by atoms with Crippen molar-refractivity contribution in [3.8, 4) is 0 Å². The molecule has 3 aliphatic rings. The Labute approximate surface area is 171 Å². The van der Waals surface area contributed by atoms with E-state index in [0.717, 1.165) is 56.0 Å². The maximum Gasteiger partial charge on any atom is 0.167 e. The molecule has 2 aliphatic heterocycles. The van der Waals surface area contributed by atoms with Crippen molar-refractivity contribution in [3.05, 3.63) is 53.3 Å². The zero-order valence-electron chi connectivity index (χ0n) is 16.9. The van der Waals surface area contributed by atoms with Gasteiger partial charge in [0.05, 0.1) is 19.8 Å². The normalized spacial score (nSPS) is 20.8. The molecule has 1 aromatic heterocycles. The average Bonchev–Trinajstić information content (AvgIpc) is 3.58. The lowest BCUT2D eigenvalue weighted by Gasteiger charge is -2.38. The van der Waals surface area contributed by atoms with E-state index < -0.39 is 0 Å². The minimum Gasteiger partial charge on any atom is -0.352 e. The molecule has 1 saturated heterocycles. The first kappa shape index (κ1) is 18.8. The highest BCUT2D eigenvalue weighted by atomic mass is 19.1. The Kier molecular flexibility index (Phi) is 5.11. The number of aromatic nitrogens is 1. The fourth-order valence-electron chi connectivity index (χ4n) is 4.09. The number of hydrogen-bond acceptors (Lipinski definition) is 6. The maximum atomic E-state index is 15.0. The van der Waals surface area contributed by atoms with Crippen LogP contribution < -0.4 is 9.80 Å². The summed E-state index contributed by atoms with van der Waals surface area (Å²) in [6.07, 6.45) is 2.32. The SMILES string of the molecule is CN1CCN(c2nc3c(cc2F)CN(OCc2ccccc2)CN3C2CC2)CC1. The van der Waals surface area contributed by atoms with Gasteiger partial charge in [0.2, 0.25) is 0 Å². The number of nitrogens with zero attached hydrogens (tertiary/aromatic N) is 5. The van der Waals surface area contributed by atoms with Gasteiger partial charge in [0.25, 0.3) is 0 Å². The molecular weight excluding hydrogens is 369 g/mol. The van der Waals surface area contributed by atoms with Crippen LogP contribution in [-0.4, -0.2) is 60.9 Å². The molecule has 0 N–H and O–H groups in total. The van der Waals surface area contributed by atoms with E-state index in [1.165, 1.54) is 0 Å². The monoisotopic (exact) mass is 397 g/mol. The molecule has 0 amide bonds. The Bertz CT molecular complexity index is 852. The number of anilines is 2. The first-order valence-corrected chi connectivity index (χ1v) is 10.5. The molecule has 5 rings (SSSR count). The van der Waals surface area contributed by atoms with Crippen LogP contribution in [0.1, 0.15) is 24.0 Å². The average molecular weight is 397 g/mol. The van der Waals surface area contributed by atoms with Crippen molar-refractivity contribution >= 4 is 11.6 Å². The molecule has 154 valence electrons. The molecule has 29 heavy (non-hydrogen) atoms. The third-order valence-corrected chi connectivity index (χ3v) is 5.99. The number of piperazine rings is 1. The number of fused-ring (bicyclic) bond motifs is 1. The van der Waals surface area contributed by atoms with E-state index in [-0.39, 0.29) is 5.82 Å². The van der Waals surface area contributed by atoms with Crippen LogP contribution in [0.25, 0.3) is 0 Å². The van der Waals surface area contributed by atoms with E-state index >= 15 is 0 Å². The Hall–Kier alpha value is -2.22. The van der Waals surface area contributed by atoms with Crippen molar-refractivity contribution in [2.24, 2.45) is 0 Å². The van der Waals surface area contributed by atoms with E-state index in [0.29, 0.717) is 31.7 Å². The molecule has 6 nitrogen and oxygen atoms in total. The molecule has 0 atom stereocenters. The number of benzene rings is 1. The molecule has 7 heteroatoms. The van der Waals surface area contributed by atoms with E-state index in [1.54, 1.807) is 6.07 Å². The number of pyridine rings is 1. The fraction of sp³-hybridized carbons (Fsp3) is 0.500. The summed E-state index contributed by atoms with van der Waals surface area (Å²) in [6, 6.07) is 12.3. The molecule has 2 fully saturated rings. The van der Waals surface area contributed by atoms with Crippen LogP contribution in [0.3, 0.4) is 0 Å². The zero-order chi connectivity index (χ0) is 19.8. The predicted octanol–water partition coefficient (Wildman–Crippen LogP) is 2.85. The molecule has 0 unspecified atom stereocenters. The summed E-state index contributed by atoms with van der Waals surface area (Å²) >= 11 is 0. The van der Waals surface area contributed by atoms with Crippen LogP contribution in [-0.2, 0) is 18.0 Å². The molecule has 0 radical (unpaired) electrons. The maximum absolute atomic E-state index is 15.0. The van der Waals surface area contributed by atoms with Crippen molar-refractivity contribution in [1.82, 2.24) is 14.9 Å². The van der Waals surface area contributed by atoms with Crippen molar-refractivity contribution in [1.29, 1.82) is 0 Å². The molecule has 2 aromatic rings. The summed E-state index contributed by atoms with van der Waals surface area (Å²) < 4.78 is 15.0. The number of hydrogen-bond donors (Lipinski definition) is 0. The quantitative estimate of drug-likeness (QED) is 0.772. The van der Waals surface area contributed by atoms with E-state index in [9.17, 15) is 4.39 Å². The van der Waals surface area contributed by atoms with Crippen molar-refractivity contribution in [2.45, 2.75) is 32.0 Å². The van der Waals surface area contributed by atoms with Crippen molar-refractivity contribution in [2.75, 3.05) is 49.7 Å². The third kappa shape index (κ3) is 4.08. The van der Waals surface area contributed by atoms with Crippen LogP contribution in [0, 0.1) is 5.82 Å². The van der Waals surface area contributed by atoms with Gasteiger partial charge in [0.15, 0.2) is 11.6 Å². The lowest BCUT2D eigenvalue weighted by atomic mass is 10.2. The molecule has 3 heterocycles. The topological polar surface area (TPSA) is 35.1 Å². The van der Waals surface area contributed by atoms with Crippen LogP contribution in [0.15, 0.2) is 36.4 Å². The second-order valence-corrected chi connectivity index (χ2v) is 8.31. The summed E-state index contributed by atoms with van der Waals surface area (Å²) in [7, 11) is 2.10. The Morgan fingerprint density at radius 1 is 1.07 bits per heavy atom. The first-order valence-electron chi connectivity index (χ1n) is 10.5. The molecule has 0 spiro atoms. The van der Waals surface area contributed by atoms with Gasteiger partial charge < -0.3 is 14.7 Å². The van der Waals surface area contributed by atoms with Gasteiger partial charge in [-0.15, -0.1) is 0 Å². The van der Waals surface area contributed by atoms with E-state index in [4.69, 9.17) is 9.82 Å². The second kappa shape index (κ2) is 7.89. The molecule has 0 bridgehead atoms. The van der Waals surface area contributed by atoms with Crippen LogP contribution >= 0.6 is 0 Å². The number of likely N-dealkylation sites (N-methyl/N-ethyl adjacent to an activating group) is 1. The third-order valence-electron chi connectivity index (χ3n) is 5.99. The van der Waals surface area contributed by atoms with Crippen LogP contribution in [0.4, 0.5) is 16.0 Å². The van der Waals surface area contributed by atoms with Crippen molar-refractivity contribution in [3.63, 3.8) is 0 Å². The zero-order valence-corrected chi connectivity index (χ0v) is 16.9. The minimum atomic E-state index is -0.228. The lowest BCUT2D eigenvalue weighted by Crippen LogP contribution is -2.46. The lowest BCUT2D eigenvalue weighted by molar-refractivity contribution is -0.179. The summed E-state index contributed by atoms with van der Waals surface area (Å²) in [5, 5.41) is 1.93. The summed E-state index contributed by atoms with van der Waals surface area (Å²) in [5.74, 6) is 1.21. The molecule has 1 saturated carbocycles. The second-order valence-electron chi connectivity index (χ2n) is 8.31. The Morgan fingerprint density at radius 3 is 2.55 bits per heavy atom. The molecular formula is C22H28FN5O. The van der Waals surface area contributed by atoms with Gasteiger partial charge in [-0.25, -0.2) is 9.37 Å². The summed E-state index contributed by atoms with van der Waals surface area (Å²) in [5.41, 5.74) is 2.04. The van der Waals surface area contributed by atoms with Gasteiger partial charge in [-0.1, -0.05) is 30.3 Å². The van der Waals surface area contributed by atoms with Crippen LogP contribution in [0.5, 0.6) is 0 Å². The van der Waals surface area contributed by atoms with Gasteiger partial charge in [-0.2, -0.15) is 5.06 Å². The Balaban J connectivity index is 1.36. The molecule has 1 aromatic carbocycles. The van der Waals surface area contributed by atoms with Gasteiger partial charge in [0, 0.05) is 37.8 Å². The molecule has 1 aliphatic carbocycles. The number of halogens is 1. The van der Waals surface area contributed by atoms with E-state index in [1.807, 2.05) is 23.3 Å². The van der Waals surface area contributed by atoms with Gasteiger partial charge >= 0.3 is 0 Å². The van der Waals surface area contributed by atoms with Gasteiger partial charge in [0.1, 0.15) is 5.82 Å².